The van der Waals surface area contributed by atoms with Crippen LogP contribution in [0.25, 0.3) is 0 Å². The monoisotopic (exact) mass is 390 g/mol. The van der Waals surface area contributed by atoms with Crippen molar-refractivity contribution >= 4 is 0 Å². The van der Waals surface area contributed by atoms with Gasteiger partial charge in [-0.05, 0) is 55.2 Å². The van der Waals surface area contributed by atoms with Gasteiger partial charge in [-0.15, -0.1) is 0 Å². The van der Waals surface area contributed by atoms with E-state index in [1.807, 2.05) is 0 Å². The molecular weight excluding hydrogens is 365 g/mol. The van der Waals surface area contributed by atoms with Gasteiger partial charge >= 0.3 is 0 Å². The lowest BCUT2D eigenvalue weighted by atomic mass is 9.76. The summed E-state index contributed by atoms with van der Waals surface area (Å²) >= 11 is 0. The number of rotatable bonds is 4. The Hall–Kier alpha value is -2.17. The summed E-state index contributed by atoms with van der Waals surface area (Å²) in [6.45, 7) is 2.18. The molecule has 0 N–H and O–H groups in total. The molecule has 2 nitrogen and oxygen atoms in total. The molecule has 28 heavy (non-hydrogen) atoms. The van der Waals surface area contributed by atoms with Gasteiger partial charge in [0.05, 0.1) is 7.11 Å². The van der Waals surface area contributed by atoms with E-state index < -0.39 is 17.5 Å². The summed E-state index contributed by atoms with van der Waals surface area (Å²) in [7, 11) is 1.35. The number of halogens is 3. The molecule has 5 heteroatoms. The van der Waals surface area contributed by atoms with E-state index in [0.717, 1.165) is 32.1 Å². The Balaban J connectivity index is 1.65. The summed E-state index contributed by atoms with van der Waals surface area (Å²) < 4.78 is 54.6. The predicted octanol–water partition coefficient (Wildman–Crippen LogP) is 6.88. The first-order valence-electron chi connectivity index (χ1n) is 10.1. The fraction of sp³-hybridized carbons (Fsp3) is 0.478. The average Bonchev–Trinajstić information content (AvgIpc) is 2.71. The summed E-state index contributed by atoms with van der Waals surface area (Å²) in [4.78, 5) is 0. The number of hydrogen-bond donors (Lipinski definition) is 0. The van der Waals surface area contributed by atoms with Gasteiger partial charge in [0, 0.05) is 17.5 Å². The molecule has 1 fully saturated rings. The smallest absolute Gasteiger partial charge is 0.207 e. The third-order valence-corrected chi connectivity index (χ3v) is 6.20. The molecule has 2 aromatic carbocycles. The molecule has 0 spiro atoms. The maximum Gasteiger partial charge on any atom is 0.207 e. The quantitative estimate of drug-likeness (QED) is 0.483. The lowest BCUT2D eigenvalue weighted by Gasteiger charge is -2.30. The van der Waals surface area contributed by atoms with Crippen molar-refractivity contribution in [2.24, 2.45) is 5.92 Å². The van der Waals surface area contributed by atoms with Gasteiger partial charge in [0.25, 0.3) is 0 Å². The Morgan fingerprint density at radius 1 is 0.964 bits per heavy atom. The van der Waals surface area contributed by atoms with E-state index >= 15 is 0 Å². The minimum atomic E-state index is -1.02. The first-order valence-corrected chi connectivity index (χ1v) is 10.1. The fourth-order valence-corrected chi connectivity index (χ4v) is 4.69. The first-order chi connectivity index (χ1) is 13.5. The Morgan fingerprint density at radius 2 is 1.68 bits per heavy atom. The van der Waals surface area contributed by atoms with Crippen LogP contribution in [0, 0.1) is 23.4 Å². The van der Waals surface area contributed by atoms with Crippen molar-refractivity contribution in [2.45, 2.75) is 57.8 Å². The summed E-state index contributed by atoms with van der Waals surface area (Å²) in [5, 5.41) is 0. The normalized spacial score (nSPS) is 20.9. The molecule has 150 valence electrons. The van der Waals surface area contributed by atoms with Crippen molar-refractivity contribution in [3.05, 3.63) is 52.3 Å². The SMILES string of the molecule is CCCC1CCC(c2cc3c(c(F)c2F)Oc2c(ccc(OC)c2F)C3)CC1. The zero-order chi connectivity index (χ0) is 19.8. The molecule has 0 atom stereocenters. The van der Waals surface area contributed by atoms with Gasteiger partial charge < -0.3 is 9.47 Å². The van der Waals surface area contributed by atoms with E-state index in [0.29, 0.717) is 29.0 Å². The fourth-order valence-electron chi connectivity index (χ4n) is 4.69. The highest BCUT2D eigenvalue weighted by molar-refractivity contribution is 5.55. The van der Waals surface area contributed by atoms with Crippen molar-refractivity contribution in [2.75, 3.05) is 7.11 Å². The number of ether oxygens (including phenoxy) is 2. The maximum absolute atomic E-state index is 14.9. The van der Waals surface area contributed by atoms with Crippen molar-refractivity contribution in [3.63, 3.8) is 0 Å². The second-order valence-corrected chi connectivity index (χ2v) is 7.94. The van der Waals surface area contributed by atoms with Crippen LogP contribution in [0.2, 0.25) is 0 Å². The molecule has 0 saturated heterocycles. The lowest BCUT2D eigenvalue weighted by Crippen LogP contribution is -2.16. The van der Waals surface area contributed by atoms with Gasteiger partial charge in [-0.3, -0.25) is 0 Å². The highest BCUT2D eigenvalue weighted by Crippen LogP contribution is 2.46. The zero-order valence-corrected chi connectivity index (χ0v) is 16.3. The molecule has 1 saturated carbocycles. The molecule has 1 aliphatic carbocycles. The molecule has 0 aromatic heterocycles. The second kappa shape index (κ2) is 7.69. The minimum Gasteiger partial charge on any atom is -0.494 e. The Morgan fingerprint density at radius 3 is 2.36 bits per heavy atom. The number of methoxy groups -OCH3 is 1. The lowest BCUT2D eigenvalue weighted by molar-refractivity contribution is 0.301. The van der Waals surface area contributed by atoms with Crippen LogP contribution >= 0.6 is 0 Å². The van der Waals surface area contributed by atoms with Gasteiger partial charge in [-0.2, -0.15) is 8.78 Å². The highest BCUT2D eigenvalue weighted by atomic mass is 19.2. The molecular formula is C23H25F3O2. The summed E-state index contributed by atoms with van der Waals surface area (Å²) in [5.74, 6) is -2.12. The van der Waals surface area contributed by atoms with Crippen LogP contribution in [0.5, 0.6) is 17.2 Å². The van der Waals surface area contributed by atoms with E-state index in [1.165, 1.54) is 19.6 Å². The Kier molecular flexibility index (Phi) is 5.26. The van der Waals surface area contributed by atoms with Crippen molar-refractivity contribution in [1.82, 2.24) is 0 Å². The van der Waals surface area contributed by atoms with Gasteiger partial charge in [0.1, 0.15) is 0 Å². The Bertz CT molecular complexity index is 886. The average molecular weight is 390 g/mol. The molecule has 0 unspecified atom stereocenters. The molecule has 2 aliphatic rings. The van der Waals surface area contributed by atoms with E-state index in [1.54, 1.807) is 12.1 Å². The van der Waals surface area contributed by atoms with E-state index in [9.17, 15) is 13.2 Å². The molecule has 0 amide bonds. The van der Waals surface area contributed by atoms with Crippen molar-refractivity contribution < 1.29 is 22.6 Å². The van der Waals surface area contributed by atoms with Crippen LogP contribution in [0.4, 0.5) is 13.2 Å². The highest BCUT2D eigenvalue weighted by Gasteiger charge is 2.31. The van der Waals surface area contributed by atoms with Gasteiger partial charge in [0.2, 0.25) is 11.6 Å². The number of hydrogen-bond acceptors (Lipinski definition) is 2. The molecule has 4 rings (SSSR count). The predicted molar refractivity (Wildman–Crippen MR) is 102 cm³/mol. The largest absolute Gasteiger partial charge is 0.494 e. The van der Waals surface area contributed by atoms with Crippen LogP contribution in [-0.2, 0) is 6.42 Å². The van der Waals surface area contributed by atoms with Gasteiger partial charge in [-0.1, -0.05) is 25.8 Å². The minimum absolute atomic E-state index is 0.0172. The number of fused-ring (bicyclic) bond motifs is 2. The van der Waals surface area contributed by atoms with Crippen LogP contribution in [-0.4, -0.2) is 7.11 Å². The van der Waals surface area contributed by atoms with E-state index in [-0.39, 0.29) is 23.2 Å². The molecule has 1 aliphatic heterocycles. The van der Waals surface area contributed by atoms with Crippen LogP contribution in [0.1, 0.15) is 68.1 Å². The molecule has 1 heterocycles. The Labute approximate surface area is 163 Å². The van der Waals surface area contributed by atoms with E-state index in [2.05, 4.69) is 6.92 Å². The van der Waals surface area contributed by atoms with Gasteiger partial charge in [0.15, 0.2) is 23.1 Å². The third-order valence-electron chi connectivity index (χ3n) is 6.20. The van der Waals surface area contributed by atoms with Crippen molar-refractivity contribution in [3.8, 4) is 17.2 Å². The molecule has 0 bridgehead atoms. The summed E-state index contributed by atoms with van der Waals surface area (Å²) in [5.41, 5.74) is 1.61. The summed E-state index contributed by atoms with van der Waals surface area (Å²) in [6.07, 6.45) is 6.54. The van der Waals surface area contributed by atoms with Crippen molar-refractivity contribution in [1.29, 1.82) is 0 Å². The number of benzene rings is 2. The maximum atomic E-state index is 14.9. The van der Waals surface area contributed by atoms with E-state index in [4.69, 9.17) is 9.47 Å². The van der Waals surface area contributed by atoms with Gasteiger partial charge in [-0.25, -0.2) is 4.39 Å². The molecule has 2 aromatic rings. The standard InChI is InChI=1S/C23H25F3O2/c1-3-4-13-5-7-14(8-6-13)17-12-16-11-15-9-10-18(27-2)20(25)22(15)28-23(16)21(26)19(17)24/h9-10,12-14H,3-8,11H2,1-2H3. The summed E-state index contributed by atoms with van der Waals surface area (Å²) in [6, 6.07) is 4.96. The van der Waals surface area contributed by atoms with Crippen LogP contribution in [0.15, 0.2) is 18.2 Å². The zero-order valence-electron chi connectivity index (χ0n) is 16.3. The first kappa shape index (κ1) is 19.2. The van der Waals surface area contributed by atoms with Crippen LogP contribution in [0.3, 0.4) is 0 Å². The second-order valence-electron chi connectivity index (χ2n) is 7.94. The topological polar surface area (TPSA) is 18.5 Å². The van der Waals surface area contributed by atoms with Crippen LogP contribution < -0.4 is 9.47 Å². The molecule has 0 radical (unpaired) electrons. The third kappa shape index (κ3) is 3.25.